The minimum atomic E-state index is -0.323. The van der Waals surface area contributed by atoms with E-state index < -0.39 is 0 Å². The predicted molar refractivity (Wildman–Crippen MR) is 140 cm³/mol. The fourth-order valence-electron chi connectivity index (χ4n) is 4.67. The molecule has 0 aliphatic carbocycles. The Balaban J connectivity index is 1.62. The van der Waals surface area contributed by atoms with Crippen molar-refractivity contribution in [1.82, 2.24) is 9.80 Å². The molecule has 3 aliphatic heterocycles. The summed E-state index contributed by atoms with van der Waals surface area (Å²) in [4.78, 5) is 15.9. The van der Waals surface area contributed by atoms with Crippen LogP contribution in [0.1, 0.15) is 0 Å². The van der Waals surface area contributed by atoms with Gasteiger partial charge in [-0.25, -0.2) is 4.99 Å². The van der Waals surface area contributed by atoms with Crippen LogP contribution in [0.5, 0.6) is 11.5 Å². The topological polar surface area (TPSA) is 43.8 Å². The van der Waals surface area contributed by atoms with Crippen LogP contribution in [-0.4, -0.2) is 90.5 Å². The highest BCUT2D eigenvalue weighted by molar-refractivity contribution is 9.52. The summed E-state index contributed by atoms with van der Waals surface area (Å²) in [6, 6.07) is 8.85. The molecule has 1 atom stereocenters. The molecule has 2 fully saturated rings. The lowest BCUT2D eigenvalue weighted by molar-refractivity contribution is 0.312. The van der Waals surface area contributed by atoms with Crippen molar-refractivity contribution in [2.24, 2.45) is 4.99 Å². The van der Waals surface area contributed by atoms with E-state index in [4.69, 9.17) is 14.5 Å². The predicted octanol–water partition coefficient (Wildman–Crippen LogP) is 3.36. The van der Waals surface area contributed by atoms with Crippen molar-refractivity contribution in [3.05, 3.63) is 34.1 Å². The van der Waals surface area contributed by atoms with Crippen LogP contribution in [0.2, 0.25) is 0 Å². The van der Waals surface area contributed by atoms with Crippen molar-refractivity contribution >= 4 is 40.8 Å². The second-order valence-corrected chi connectivity index (χ2v) is 12.3. The maximum Gasteiger partial charge on any atom is 0.147 e. The fraction of sp³-hybridized carbons (Fsp3) is 0.500. The van der Waals surface area contributed by atoms with E-state index in [1.165, 1.54) is 20.8 Å². The molecule has 0 aromatic heterocycles. The zero-order valence-electron chi connectivity index (χ0n) is 19.8. The van der Waals surface area contributed by atoms with Gasteiger partial charge in [-0.2, -0.15) is 0 Å². The summed E-state index contributed by atoms with van der Waals surface area (Å²) in [5, 5.41) is 0.897. The molecule has 2 saturated heterocycles. The first-order valence-electron chi connectivity index (χ1n) is 11.4. The Bertz CT molecular complexity index is 1170. The van der Waals surface area contributed by atoms with Gasteiger partial charge in [-0.05, 0) is 41.0 Å². The highest BCUT2D eigenvalue weighted by atomic mass is 79.9. The largest absolute Gasteiger partial charge is 0.494 e. The number of fused-ring (bicyclic) bond motifs is 2. The quantitative estimate of drug-likeness (QED) is 0.561. The van der Waals surface area contributed by atoms with Crippen molar-refractivity contribution in [2.45, 2.75) is 4.90 Å². The summed E-state index contributed by atoms with van der Waals surface area (Å²) < 4.78 is 12.8. The van der Waals surface area contributed by atoms with E-state index >= 15 is 0 Å². The maximum atomic E-state index is 5.83. The maximum absolute atomic E-state index is 5.83. The third-order valence-electron chi connectivity index (χ3n) is 6.84. The van der Waals surface area contributed by atoms with Crippen LogP contribution in [-0.2, 0) is 0 Å². The van der Waals surface area contributed by atoms with Gasteiger partial charge in [0.05, 0.1) is 14.2 Å². The van der Waals surface area contributed by atoms with Crippen molar-refractivity contribution in [3.63, 3.8) is 0 Å². The lowest BCUT2D eigenvalue weighted by Crippen LogP contribution is -2.44. The van der Waals surface area contributed by atoms with E-state index in [0.717, 1.165) is 74.9 Å². The highest BCUT2D eigenvalue weighted by Gasteiger charge is 2.24. The van der Waals surface area contributed by atoms with E-state index in [9.17, 15) is 0 Å². The highest BCUT2D eigenvalue weighted by Crippen LogP contribution is 2.50. The fourth-order valence-corrected chi connectivity index (χ4v) is 7.46. The summed E-state index contributed by atoms with van der Waals surface area (Å²) in [5.41, 5.74) is 3.31. The van der Waals surface area contributed by atoms with Crippen LogP contribution in [0.15, 0.2) is 34.2 Å². The van der Waals surface area contributed by atoms with Crippen LogP contribution in [0.25, 0.3) is 0 Å². The van der Waals surface area contributed by atoms with Crippen LogP contribution in [0, 0.1) is 4.51 Å². The number of ether oxygens (including phenoxy) is 2. The van der Waals surface area contributed by atoms with E-state index in [2.05, 4.69) is 72.8 Å². The molecule has 1 unspecified atom stereocenters. The summed E-state index contributed by atoms with van der Waals surface area (Å²) in [5.74, 6) is 1.63. The Morgan fingerprint density at radius 2 is 1.27 bits per heavy atom. The third kappa shape index (κ3) is 4.36. The van der Waals surface area contributed by atoms with Gasteiger partial charge in [-0.3, -0.25) is 0 Å². The van der Waals surface area contributed by atoms with E-state index in [1.54, 1.807) is 14.2 Å². The minimum Gasteiger partial charge on any atom is -0.494 e. The molecule has 33 heavy (non-hydrogen) atoms. The van der Waals surface area contributed by atoms with Crippen LogP contribution in [0.4, 0.5) is 17.1 Å². The standard InChI is InChI=1S/C24H32BrN5O2S/c1-27-5-9-29(10-6-27)17-13-19(31-3)23-21(15-17)33(25)22-16-18(14-20(32-4)24(22)26-23)30-11-7-28(2)8-12-30/h13-16H,5-12H2,1-4H3. The molecule has 2 aromatic carbocycles. The van der Waals surface area contributed by atoms with Crippen LogP contribution < -0.4 is 24.6 Å². The van der Waals surface area contributed by atoms with E-state index in [0.29, 0.717) is 0 Å². The Kier molecular flexibility index (Phi) is 6.57. The average molecular weight is 535 g/mol. The molecule has 3 heterocycles. The van der Waals surface area contributed by atoms with Crippen LogP contribution in [0.3, 0.4) is 0 Å². The third-order valence-corrected chi connectivity index (χ3v) is 10.3. The van der Waals surface area contributed by atoms with Gasteiger partial charge >= 0.3 is 0 Å². The number of likely N-dealkylation sites (N-methyl/N-ethyl adjacent to an activating group) is 2. The normalized spacial score (nSPS) is 21.3. The molecule has 0 saturated carbocycles. The molecule has 9 heteroatoms. The first-order valence-corrected chi connectivity index (χ1v) is 14.5. The summed E-state index contributed by atoms with van der Waals surface area (Å²) >= 11 is 4.05. The molecule has 0 spiro atoms. The Morgan fingerprint density at radius 1 is 0.758 bits per heavy atom. The number of methoxy groups -OCH3 is 2. The summed E-state index contributed by atoms with van der Waals surface area (Å²) in [6.45, 7) is 8.34. The molecule has 0 radical (unpaired) electrons. The summed E-state index contributed by atoms with van der Waals surface area (Å²) in [6.07, 6.45) is 0. The van der Waals surface area contributed by atoms with Gasteiger partial charge < -0.3 is 29.1 Å². The first-order chi connectivity index (χ1) is 16.0. The molecular formula is C24H32BrN5O2S. The number of anilines is 2. The van der Waals surface area contributed by atoms with Crippen molar-refractivity contribution in [1.29, 1.82) is 0 Å². The molecular weight excluding hydrogens is 502 g/mol. The lowest BCUT2D eigenvalue weighted by atomic mass is 10.2. The Labute approximate surface area is 205 Å². The lowest BCUT2D eigenvalue weighted by Gasteiger charge is -2.35. The number of piperazine rings is 2. The van der Waals surface area contributed by atoms with Crippen molar-refractivity contribution < 1.29 is 9.47 Å². The van der Waals surface area contributed by atoms with Gasteiger partial charge in [0.15, 0.2) is 0 Å². The van der Waals surface area contributed by atoms with Crippen molar-refractivity contribution in [3.8, 4) is 11.5 Å². The Morgan fingerprint density at radius 3 is 1.82 bits per heavy atom. The number of halogens is 1. The molecule has 0 amide bonds. The number of hydrogen-bond acceptors (Lipinski definition) is 7. The second-order valence-electron chi connectivity index (χ2n) is 8.94. The van der Waals surface area contributed by atoms with Gasteiger partial charge in [0, 0.05) is 85.3 Å². The molecule has 0 N–H and O–H groups in total. The zero-order chi connectivity index (χ0) is 23.1. The molecule has 5 rings (SSSR count). The van der Waals surface area contributed by atoms with Crippen molar-refractivity contribution in [2.75, 3.05) is 90.5 Å². The van der Waals surface area contributed by atoms with Gasteiger partial charge in [-0.1, -0.05) is 8.92 Å². The Hall–Kier alpha value is -1.81. The van der Waals surface area contributed by atoms with Crippen LogP contribution >= 0.6 is 23.7 Å². The number of rotatable bonds is 4. The van der Waals surface area contributed by atoms with Gasteiger partial charge in [0.25, 0.3) is 0 Å². The van der Waals surface area contributed by atoms with Gasteiger partial charge in [0.2, 0.25) is 0 Å². The second kappa shape index (κ2) is 9.44. The monoisotopic (exact) mass is 533 g/mol. The molecule has 2 aromatic rings. The first kappa shape index (κ1) is 23.0. The minimum absolute atomic E-state index is 0.323. The molecule has 178 valence electrons. The molecule has 3 aliphatic rings. The van der Waals surface area contributed by atoms with E-state index in [-0.39, 0.29) is 8.92 Å². The average Bonchev–Trinajstić information content (AvgIpc) is 2.84. The molecule has 0 bridgehead atoms. The number of benzene rings is 2. The molecule has 7 nitrogen and oxygen atoms in total. The number of nitrogens with zero attached hydrogens (tertiary/aromatic N) is 5. The summed E-state index contributed by atoms with van der Waals surface area (Å²) in [7, 11) is 7.50. The smallest absolute Gasteiger partial charge is 0.147 e. The van der Waals surface area contributed by atoms with E-state index in [1.807, 2.05) is 0 Å². The van der Waals surface area contributed by atoms with Gasteiger partial charge in [-0.15, -0.1) is 0 Å². The zero-order valence-corrected chi connectivity index (χ0v) is 22.2. The van der Waals surface area contributed by atoms with Gasteiger partial charge in [0.1, 0.15) is 22.5 Å². The SMILES string of the molecule is COc1cc(N2CCN(C)CC2)cc2c1N=c1c(OC)cc(N3CCN(C)CC3)cc1=S2Br. The number of hydrogen-bond donors (Lipinski definition) is 0.